The van der Waals surface area contributed by atoms with Crippen LogP contribution in [0.4, 0.5) is 4.79 Å². The van der Waals surface area contributed by atoms with E-state index in [0.29, 0.717) is 17.9 Å². The van der Waals surface area contributed by atoms with Crippen molar-refractivity contribution in [2.24, 2.45) is 11.3 Å². The predicted molar refractivity (Wildman–Crippen MR) is 144 cm³/mol. The average Bonchev–Trinajstić information content (AvgIpc) is 3.42. The number of allylic oxidation sites excluding steroid dienone is 1. The molecular formula is C29H48N4O4. The van der Waals surface area contributed by atoms with Crippen molar-refractivity contribution in [3.8, 4) is 0 Å². The summed E-state index contributed by atoms with van der Waals surface area (Å²) in [5.41, 5.74) is 2.61. The second kappa shape index (κ2) is 11.5. The summed E-state index contributed by atoms with van der Waals surface area (Å²) in [6.45, 7) is 13.9. The van der Waals surface area contributed by atoms with Crippen LogP contribution >= 0.6 is 0 Å². The van der Waals surface area contributed by atoms with Gasteiger partial charge in [0, 0.05) is 44.3 Å². The highest BCUT2D eigenvalue weighted by Gasteiger charge is 2.45. The minimum absolute atomic E-state index is 0.0101. The van der Waals surface area contributed by atoms with Gasteiger partial charge in [0.05, 0.1) is 18.4 Å². The molecule has 1 spiro atoms. The maximum Gasteiger partial charge on any atom is 0.410 e. The Morgan fingerprint density at radius 2 is 2.14 bits per heavy atom. The molecule has 3 aliphatic rings. The fourth-order valence-electron chi connectivity index (χ4n) is 6.02. The summed E-state index contributed by atoms with van der Waals surface area (Å²) in [6.07, 6.45) is 14.1. The fraction of sp³-hybridized carbons (Fsp3) is 0.793. The molecule has 3 atom stereocenters. The van der Waals surface area contributed by atoms with Crippen molar-refractivity contribution in [1.29, 1.82) is 0 Å². The van der Waals surface area contributed by atoms with Crippen LogP contribution in [-0.2, 0) is 20.6 Å². The predicted octanol–water partition coefficient (Wildman–Crippen LogP) is 5.10. The fourth-order valence-corrected chi connectivity index (χ4v) is 6.02. The number of nitrogens with zero attached hydrogens (tertiary/aromatic N) is 3. The average molecular weight is 517 g/mol. The zero-order chi connectivity index (χ0) is 26.7. The number of amides is 1. The van der Waals surface area contributed by atoms with Crippen LogP contribution in [-0.4, -0.2) is 71.9 Å². The summed E-state index contributed by atoms with van der Waals surface area (Å²) in [6, 6.07) is 0. The number of hydrogen-bond acceptors (Lipinski definition) is 6. The lowest BCUT2D eigenvalue weighted by molar-refractivity contribution is -0.0712. The standard InChI is InChI=1S/C29H48N4O4/c1-27(2,3)37-26(34)32(6)16-15-30-14-11-22-18-31-33(19-22)25-24(8-7-17-35-25)23-9-12-29(13-10-23)20-28(4,5)36-21-29/h9,18-19,24-25,30H,7-8,10-17,20-21H2,1-6H3. The van der Waals surface area contributed by atoms with E-state index in [1.54, 1.807) is 17.5 Å². The van der Waals surface area contributed by atoms with Crippen molar-refractivity contribution in [3.63, 3.8) is 0 Å². The van der Waals surface area contributed by atoms with E-state index in [1.165, 1.54) is 12.0 Å². The lowest BCUT2D eigenvalue weighted by Gasteiger charge is -2.38. The van der Waals surface area contributed by atoms with E-state index in [9.17, 15) is 4.79 Å². The van der Waals surface area contributed by atoms with Crippen LogP contribution in [0.1, 0.15) is 84.9 Å². The highest BCUT2D eigenvalue weighted by Crippen LogP contribution is 2.50. The van der Waals surface area contributed by atoms with E-state index < -0.39 is 5.60 Å². The number of rotatable bonds is 8. The highest BCUT2D eigenvalue weighted by molar-refractivity contribution is 5.67. The molecule has 1 aliphatic carbocycles. The monoisotopic (exact) mass is 516 g/mol. The third-order valence-corrected chi connectivity index (χ3v) is 7.91. The van der Waals surface area contributed by atoms with Gasteiger partial charge in [-0.05, 0) is 91.7 Å². The van der Waals surface area contributed by atoms with Gasteiger partial charge in [0.15, 0.2) is 6.23 Å². The Bertz CT molecular complexity index is 950. The summed E-state index contributed by atoms with van der Waals surface area (Å²) in [7, 11) is 1.77. The second-order valence-corrected chi connectivity index (χ2v) is 12.9. The summed E-state index contributed by atoms with van der Waals surface area (Å²) >= 11 is 0. The Kier molecular flexibility index (Phi) is 8.71. The molecule has 0 radical (unpaired) electrons. The minimum atomic E-state index is -0.474. The zero-order valence-electron chi connectivity index (χ0n) is 23.8. The van der Waals surface area contributed by atoms with E-state index >= 15 is 0 Å². The quantitative estimate of drug-likeness (QED) is 0.383. The van der Waals surface area contributed by atoms with Gasteiger partial charge in [0.1, 0.15) is 5.60 Å². The highest BCUT2D eigenvalue weighted by atomic mass is 16.6. The molecule has 0 saturated carbocycles. The Labute approximate surface area is 223 Å². The second-order valence-electron chi connectivity index (χ2n) is 12.9. The number of carbonyl (C=O) groups is 1. The van der Waals surface area contributed by atoms with Gasteiger partial charge in [-0.25, -0.2) is 9.48 Å². The molecule has 1 aromatic heterocycles. The van der Waals surface area contributed by atoms with Gasteiger partial charge in [0.2, 0.25) is 0 Å². The van der Waals surface area contributed by atoms with Crippen molar-refractivity contribution in [1.82, 2.24) is 20.0 Å². The first-order valence-corrected chi connectivity index (χ1v) is 14.1. The van der Waals surface area contributed by atoms with E-state index in [2.05, 4.69) is 31.4 Å². The molecular weight excluding hydrogens is 468 g/mol. The van der Waals surface area contributed by atoms with Crippen LogP contribution in [0.2, 0.25) is 0 Å². The van der Waals surface area contributed by atoms with Crippen molar-refractivity contribution >= 4 is 6.09 Å². The summed E-state index contributed by atoms with van der Waals surface area (Å²) in [4.78, 5) is 13.7. The van der Waals surface area contributed by atoms with Gasteiger partial charge in [-0.1, -0.05) is 11.6 Å². The summed E-state index contributed by atoms with van der Waals surface area (Å²) < 4.78 is 19.8. The van der Waals surface area contributed by atoms with Crippen LogP contribution in [0.15, 0.2) is 24.0 Å². The van der Waals surface area contributed by atoms with E-state index in [1.807, 2.05) is 31.6 Å². The topological polar surface area (TPSA) is 77.9 Å². The molecule has 2 saturated heterocycles. The molecule has 0 bridgehead atoms. The number of aromatic nitrogens is 2. The molecule has 208 valence electrons. The molecule has 1 aromatic rings. The molecule has 2 fully saturated rings. The Hall–Kier alpha value is -1.90. The van der Waals surface area contributed by atoms with Crippen LogP contribution in [0.5, 0.6) is 0 Å². The smallest absolute Gasteiger partial charge is 0.410 e. The largest absolute Gasteiger partial charge is 0.444 e. The maximum atomic E-state index is 12.1. The third-order valence-electron chi connectivity index (χ3n) is 7.91. The Morgan fingerprint density at radius 3 is 2.81 bits per heavy atom. The van der Waals surface area contributed by atoms with Crippen LogP contribution < -0.4 is 5.32 Å². The lowest BCUT2D eigenvalue weighted by Crippen LogP contribution is -2.38. The number of likely N-dealkylation sites (N-methyl/N-ethyl adjacent to an activating group) is 1. The zero-order valence-corrected chi connectivity index (χ0v) is 23.8. The molecule has 0 aromatic carbocycles. The van der Waals surface area contributed by atoms with Crippen molar-refractivity contribution < 1.29 is 19.0 Å². The summed E-state index contributed by atoms with van der Waals surface area (Å²) in [5.74, 6) is 0.399. The molecule has 8 nitrogen and oxygen atoms in total. The van der Waals surface area contributed by atoms with Gasteiger partial charge in [0.25, 0.3) is 0 Å². The Balaban J connectivity index is 1.25. The first-order valence-electron chi connectivity index (χ1n) is 14.1. The van der Waals surface area contributed by atoms with Gasteiger partial charge >= 0.3 is 6.09 Å². The third kappa shape index (κ3) is 7.58. The molecule has 37 heavy (non-hydrogen) atoms. The lowest BCUT2D eigenvalue weighted by atomic mass is 9.69. The molecule has 2 aliphatic heterocycles. The Morgan fingerprint density at radius 1 is 1.32 bits per heavy atom. The van der Waals surface area contributed by atoms with E-state index in [-0.39, 0.29) is 17.9 Å². The van der Waals surface area contributed by atoms with Gasteiger partial charge in [-0.2, -0.15) is 5.10 Å². The molecule has 1 N–H and O–H groups in total. The van der Waals surface area contributed by atoms with Crippen LogP contribution in [0.3, 0.4) is 0 Å². The van der Waals surface area contributed by atoms with E-state index in [0.717, 1.165) is 64.8 Å². The van der Waals surface area contributed by atoms with E-state index in [4.69, 9.17) is 19.3 Å². The number of nitrogens with one attached hydrogen (secondary N) is 1. The molecule has 3 heterocycles. The first-order chi connectivity index (χ1) is 17.5. The SMILES string of the molecule is CN(CCNCCc1cnn(C2OCCCC2C2=CCC3(CC2)COC(C)(C)C3)c1)C(=O)OC(C)(C)C. The molecule has 3 unspecified atom stereocenters. The van der Waals surface area contributed by atoms with Crippen molar-refractivity contribution in [3.05, 3.63) is 29.6 Å². The molecule has 1 amide bonds. The number of hydrogen-bond donors (Lipinski definition) is 1. The first kappa shape index (κ1) is 28.1. The maximum absolute atomic E-state index is 12.1. The minimum Gasteiger partial charge on any atom is -0.444 e. The van der Waals surface area contributed by atoms with Crippen molar-refractivity contribution in [2.45, 2.75) is 97.0 Å². The van der Waals surface area contributed by atoms with Gasteiger partial charge in [-0.3, -0.25) is 0 Å². The van der Waals surface area contributed by atoms with Gasteiger partial charge in [-0.15, -0.1) is 0 Å². The van der Waals surface area contributed by atoms with Crippen molar-refractivity contribution in [2.75, 3.05) is 39.9 Å². The molecule has 4 rings (SSSR count). The number of carbonyl (C=O) groups excluding carboxylic acids is 1. The summed E-state index contributed by atoms with van der Waals surface area (Å²) in [5, 5.41) is 8.13. The normalized spacial score (nSPS) is 27.8. The van der Waals surface area contributed by atoms with Crippen LogP contribution in [0.25, 0.3) is 0 Å². The number of ether oxygens (including phenoxy) is 3. The van der Waals surface area contributed by atoms with Gasteiger partial charge < -0.3 is 24.4 Å². The molecule has 8 heteroatoms. The van der Waals surface area contributed by atoms with Crippen LogP contribution in [0, 0.1) is 11.3 Å².